The summed E-state index contributed by atoms with van der Waals surface area (Å²) in [6.45, 7) is 0. The van der Waals surface area contributed by atoms with Crippen LogP contribution in [0.15, 0.2) is 46.9 Å². The van der Waals surface area contributed by atoms with Crippen LogP contribution >= 0.6 is 15.9 Å². The zero-order valence-corrected chi connectivity index (χ0v) is 10.3. The highest BCUT2D eigenvalue weighted by Gasteiger charge is 2.08. The van der Waals surface area contributed by atoms with Crippen LogP contribution in [-0.2, 0) is 0 Å². The number of benzene rings is 3. The maximum absolute atomic E-state index is 13.6. The summed E-state index contributed by atoms with van der Waals surface area (Å²) in [5, 5.41) is 2.83. The van der Waals surface area contributed by atoms with Gasteiger partial charge < -0.3 is 0 Å². The smallest absolute Gasteiger partial charge is 0.133 e. The Morgan fingerprint density at radius 3 is 2.35 bits per heavy atom. The maximum atomic E-state index is 13.6. The molecule has 0 atom stereocenters. The van der Waals surface area contributed by atoms with Crippen molar-refractivity contribution in [3.8, 4) is 0 Å². The van der Waals surface area contributed by atoms with Crippen LogP contribution in [0.1, 0.15) is 0 Å². The van der Waals surface area contributed by atoms with E-state index >= 15 is 0 Å². The Balaban J connectivity index is 2.60. The zero-order chi connectivity index (χ0) is 12.0. The normalized spacial score (nSPS) is 11.2. The SMILES string of the molecule is Fc1cc(F)c2ccc3c(Br)cccc3c2c1. The molecule has 3 rings (SSSR count). The van der Waals surface area contributed by atoms with Crippen molar-refractivity contribution in [1.82, 2.24) is 0 Å². The molecule has 17 heavy (non-hydrogen) atoms. The molecule has 0 heterocycles. The first-order chi connectivity index (χ1) is 8.16. The van der Waals surface area contributed by atoms with Gasteiger partial charge in [0.1, 0.15) is 11.6 Å². The second-order valence-corrected chi connectivity index (χ2v) is 4.74. The standard InChI is InChI=1S/C14H7BrF2/c15-13-3-1-2-9-10(13)4-5-11-12(9)6-8(16)7-14(11)17/h1-7H. The minimum absolute atomic E-state index is 0.442. The van der Waals surface area contributed by atoms with Crippen LogP contribution in [0.3, 0.4) is 0 Å². The molecule has 3 aromatic rings. The lowest BCUT2D eigenvalue weighted by atomic mass is 10.0. The van der Waals surface area contributed by atoms with E-state index in [1.807, 2.05) is 24.3 Å². The van der Waals surface area contributed by atoms with E-state index in [-0.39, 0.29) is 0 Å². The van der Waals surface area contributed by atoms with Crippen LogP contribution in [0.2, 0.25) is 0 Å². The monoisotopic (exact) mass is 292 g/mol. The van der Waals surface area contributed by atoms with Gasteiger partial charge in [0.25, 0.3) is 0 Å². The van der Waals surface area contributed by atoms with Gasteiger partial charge in [0, 0.05) is 15.9 Å². The van der Waals surface area contributed by atoms with Gasteiger partial charge in [-0.25, -0.2) is 8.78 Å². The van der Waals surface area contributed by atoms with Crippen molar-refractivity contribution in [1.29, 1.82) is 0 Å². The van der Waals surface area contributed by atoms with Gasteiger partial charge in [0.15, 0.2) is 0 Å². The van der Waals surface area contributed by atoms with Crippen molar-refractivity contribution < 1.29 is 8.78 Å². The summed E-state index contributed by atoms with van der Waals surface area (Å²) in [4.78, 5) is 0. The summed E-state index contributed by atoms with van der Waals surface area (Å²) in [7, 11) is 0. The lowest BCUT2D eigenvalue weighted by molar-refractivity contribution is 0.592. The Bertz CT molecular complexity index is 735. The second-order valence-electron chi connectivity index (χ2n) is 3.88. The maximum Gasteiger partial charge on any atom is 0.133 e. The molecule has 0 saturated heterocycles. The summed E-state index contributed by atoms with van der Waals surface area (Å²) in [6, 6.07) is 11.4. The second kappa shape index (κ2) is 3.77. The summed E-state index contributed by atoms with van der Waals surface area (Å²) < 4.78 is 27.8. The number of hydrogen-bond donors (Lipinski definition) is 0. The molecule has 0 spiro atoms. The Kier molecular flexibility index (Phi) is 2.37. The Morgan fingerprint density at radius 2 is 1.53 bits per heavy atom. The molecule has 0 fully saturated rings. The van der Waals surface area contributed by atoms with Gasteiger partial charge >= 0.3 is 0 Å². The van der Waals surface area contributed by atoms with Crippen LogP contribution in [0.5, 0.6) is 0 Å². The molecule has 0 saturated carbocycles. The summed E-state index contributed by atoms with van der Waals surface area (Å²) >= 11 is 3.43. The molecule has 0 bridgehead atoms. The molecule has 0 aliphatic heterocycles. The minimum atomic E-state index is -0.553. The van der Waals surface area contributed by atoms with Gasteiger partial charge in [-0.2, -0.15) is 0 Å². The Morgan fingerprint density at radius 1 is 0.765 bits per heavy atom. The van der Waals surface area contributed by atoms with E-state index in [1.54, 1.807) is 6.07 Å². The van der Waals surface area contributed by atoms with Crippen molar-refractivity contribution in [2.75, 3.05) is 0 Å². The third-order valence-corrected chi connectivity index (χ3v) is 3.55. The Labute approximate surface area is 105 Å². The molecule has 0 unspecified atom stereocenters. The van der Waals surface area contributed by atoms with E-state index in [9.17, 15) is 8.78 Å². The van der Waals surface area contributed by atoms with Crippen LogP contribution in [0, 0.1) is 11.6 Å². The third kappa shape index (κ3) is 1.62. The van der Waals surface area contributed by atoms with Gasteiger partial charge in [-0.05, 0) is 28.3 Å². The van der Waals surface area contributed by atoms with Gasteiger partial charge in [0.2, 0.25) is 0 Å². The van der Waals surface area contributed by atoms with E-state index in [1.165, 1.54) is 6.07 Å². The van der Waals surface area contributed by atoms with Crippen molar-refractivity contribution in [3.05, 3.63) is 58.6 Å². The molecule has 0 radical (unpaired) electrons. The molecule has 0 N–H and O–H groups in total. The average molecular weight is 293 g/mol. The zero-order valence-electron chi connectivity index (χ0n) is 8.68. The van der Waals surface area contributed by atoms with Crippen molar-refractivity contribution in [2.45, 2.75) is 0 Å². The Hall–Kier alpha value is -1.48. The van der Waals surface area contributed by atoms with Crippen LogP contribution in [0.4, 0.5) is 8.78 Å². The fourth-order valence-corrected chi connectivity index (χ4v) is 2.58. The molecule has 0 aliphatic carbocycles. The topological polar surface area (TPSA) is 0 Å². The van der Waals surface area contributed by atoms with E-state index in [0.717, 1.165) is 21.3 Å². The van der Waals surface area contributed by atoms with E-state index in [2.05, 4.69) is 15.9 Å². The first-order valence-corrected chi connectivity index (χ1v) is 5.92. The summed E-state index contributed by atoms with van der Waals surface area (Å²) in [5.74, 6) is -1.08. The first-order valence-electron chi connectivity index (χ1n) is 5.13. The van der Waals surface area contributed by atoms with Gasteiger partial charge in [-0.15, -0.1) is 0 Å². The molecule has 3 heteroatoms. The van der Waals surface area contributed by atoms with Gasteiger partial charge in [0.05, 0.1) is 0 Å². The van der Waals surface area contributed by atoms with Gasteiger partial charge in [-0.3, -0.25) is 0 Å². The van der Waals surface area contributed by atoms with Crippen molar-refractivity contribution in [2.24, 2.45) is 0 Å². The molecular formula is C14H7BrF2. The summed E-state index contributed by atoms with van der Waals surface area (Å²) in [5.41, 5.74) is 0. The van der Waals surface area contributed by atoms with E-state index < -0.39 is 11.6 Å². The summed E-state index contributed by atoms with van der Waals surface area (Å²) in [6.07, 6.45) is 0. The lowest BCUT2D eigenvalue weighted by Gasteiger charge is -2.06. The number of hydrogen-bond acceptors (Lipinski definition) is 0. The fourth-order valence-electron chi connectivity index (χ4n) is 2.08. The molecule has 3 aromatic carbocycles. The predicted octanol–water partition coefficient (Wildman–Crippen LogP) is 5.03. The third-order valence-electron chi connectivity index (χ3n) is 2.85. The van der Waals surface area contributed by atoms with Crippen LogP contribution in [0.25, 0.3) is 21.5 Å². The van der Waals surface area contributed by atoms with Crippen molar-refractivity contribution >= 4 is 37.5 Å². The molecule has 84 valence electrons. The highest BCUT2D eigenvalue weighted by atomic mass is 79.9. The minimum Gasteiger partial charge on any atom is -0.207 e. The van der Waals surface area contributed by atoms with E-state index in [0.29, 0.717) is 10.8 Å². The van der Waals surface area contributed by atoms with Crippen molar-refractivity contribution in [3.63, 3.8) is 0 Å². The van der Waals surface area contributed by atoms with E-state index in [4.69, 9.17) is 0 Å². The average Bonchev–Trinajstić information content (AvgIpc) is 2.29. The largest absolute Gasteiger partial charge is 0.207 e. The number of rotatable bonds is 0. The lowest BCUT2D eigenvalue weighted by Crippen LogP contribution is -1.85. The first kappa shape index (κ1) is 10.7. The van der Waals surface area contributed by atoms with Crippen LogP contribution in [-0.4, -0.2) is 0 Å². The molecule has 0 amide bonds. The molecule has 0 aliphatic rings. The molecule has 0 aromatic heterocycles. The van der Waals surface area contributed by atoms with Crippen LogP contribution < -0.4 is 0 Å². The number of fused-ring (bicyclic) bond motifs is 3. The molecule has 0 nitrogen and oxygen atoms in total. The highest BCUT2D eigenvalue weighted by Crippen LogP contribution is 2.31. The highest BCUT2D eigenvalue weighted by molar-refractivity contribution is 9.10. The number of halogens is 3. The predicted molar refractivity (Wildman–Crippen MR) is 69.1 cm³/mol. The quantitative estimate of drug-likeness (QED) is 0.510. The van der Waals surface area contributed by atoms with Gasteiger partial charge in [-0.1, -0.05) is 40.2 Å². The molecular weight excluding hydrogens is 286 g/mol. The fraction of sp³-hybridized carbons (Fsp3) is 0.